The van der Waals surface area contributed by atoms with Gasteiger partial charge in [0, 0.05) is 6.04 Å². The van der Waals surface area contributed by atoms with Crippen LogP contribution in [-0.2, 0) is 9.84 Å². The molecule has 1 N–H and O–H groups in total. The third-order valence-electron chi connectivity index (χ3n) is 5.44. The molecule has 1 heterocycles. The zero-order valence-electron chi connectivity index (χ0n) is 11.3. The molecular weight excluding hydrogens is 246 g/mol. The largest absolute Gasteiger partial charge is 0.312 e. The van der Waals surface area contributed by atoms with Crippen molar-refractivity contribution in [3.05, 3.63) is 0 Å². The lowest BCUT2D eigenvalue weighted by atomic mass is 9.71. The lowest BCUT2D eigenvalue weighted by Gasteiger charge is -2.41. The maximum atomic E-state index is 12.5. The van der Waals surface area contributed by atoms with Gasteiger partial charge in [-0.1, -0.05) is 19.8 Å². The Kier molecular flexibility index (Phi) is 3.22. The second-order valence-corrected chi connectivity index (χ2v) is 9.20. The van der Waals surface area contributed by atoms with Gasteiger partial charge in [-0.15, -0.1) is 0 Å². The Balaban J connectivity index is 1.86. The molecule has 104 valence electrons. The van der Waals surface area contributed by atoms with Crippen molar-refractivity contribution in [3.63, 3.8) is 0 Å². The van der Waals surface area contributed by atoms with Crippen molar-refractivity contribution in [1.82, 2.24) is 5.32 Å². The van der Waals surface area contributed by atoms with E-state index in [0.29, 0.717) is 11.2 Å². The first-order chi connectivity index (χ1) is 8.51. The van der Waals surface area contributed by atoms with Crippen LogP contribution in [0.15, 0.2) is 0 Å². The van der Waals surface area contributed by atoms with E-state index in [2.05, 4.69) is 5.32 Å². The SMILES string of the molecule is CC1CNC2CCC3(CCCC3)CC2S(=O)(=O)C1. The highest BCUT2D eigenvalue weighted by Gasteiger charge is 2.48. The van der Waals surface area contributed by atoms with Gasteiger partial charge in [-0.25, -0.2) is 8.42 Å². The fourth-order valence-electron chi connectivity index (χ4n) is 4.44. The van der Waals surface area contributed by atoms with Gasteiger partial charge in [0.2, 0.25) is 0 Å². The van der Waals surface area contributed by atoms with Crippen molar-refractivity contribution < 1.29 is 8.42 Å². The summed E-state index contributed by atoms with van der Waals surface area (Å²) in [6.07, 6.45) is 8.38. The fraction of sp³-hybridized carbons (Fsp3) is 1.00. The summed E-state index contributed by atoms with van der Waals surface area (Å²) in [5.41, 5.74) is 0.378. The zero-order valence-corrected chi connectivity index (χ0v) is 12.1. The van der Waals surface area contributed by atoms with Crippen molar-refractivity contribution in [2.45, 2.75) is 63.2 Å². The van der Waals surface area contributed by atoms with Gasteiger partial charge in [0.1, 0.15) is 0 Å². The number of sulfone groups is 1. The van der Waals surface area contributed by atoms with Crippen LogP contribution in [0.3, 0.4) is 0 Å². The van der Waals surface area contributed by atoms with Gasteiger partial charge >= 0.3 is 0 Å². The smallest absolute Gasteiger partial charge is 0.155 e. The molecule has 3 unspecified atom stereocenters. The lowest BCUT2D eigenvalue weighted by Crippen LogP contribution is -2.49. The van der Waals surface area contributed by atoms with Gasteiger partial charge in [-0.05, 0) is 50.0 Å². The highest BCUT2D eigenvalue weighted by Crippen LogP contribution is 2.50. The Morgan fingerprint density at radius 2 is 1.89 bits per heavy atom. The first kappa shape index (κ1) is 12.9. The summed E-state index contributed by atoms with van der Waals surface area (Å²) < 4.78 is 25.1. The summed E-state index contributed by atoms with van der Waals surface area (Å²) in [7, 11) is -2.90. The van der Waals surface area contributed by atoms with E-state index in [1.54, 1.807) is 0 Å². The van der Waals surface area contributed by atoms with Crippen LogP contribution >= 0.6 is 0 Å². The van der Waals surface area contributed by atoms with Crippen LogP contribution in [0.4, 0.5) is 0 Å². The maximum absolute atomic E-state index is 12.5. The molecule has 2 aliphatic carbocycles. The average molecular weight is 271 g/mol. The minimum Gasteiger partial charge on any atom is -0.312 e. The number of hydrogen-bond acceptors (Lipinski definition) is 3. The van der Waals surface area contributed by atoms with E-state index >= 15 is 0 Å². The van der Waals surface area contributed by atoms with E-state index in [4.69, 9.17) is 0 Å². The Morgan fingerprint density at radius 3 is 2.61 bits per heavy atom. The number of nitrogens with one attached hydrogen (secondary N) is 1. The van der Waals surface area contributed by atoms with E-state index in [1.807, 2.05) is 6.92 Å². The number of rotatable bonds is 0. The molecule has 2 saturated carbocycles. The van der Waals surface area contributed by atoms with E-state index in [9.17, 15) is 8.42 Å². The molecule has 4 heteroatoms. The Bertz CT molecular complexity index is 412. The van der Waals surface area contributed by atoms with Crippen LogP contribution in [0.2, 0.25) is 0 Å². The number of fused-ring (bicyclic) bond motifs is 1. The summed E-state index contributed by atoms with van der Waals surface area (Å²) in [6.45, 7) is 2.92. The van der Waals surface area contributed by atoms with Crippen LogP contribution in [0.1, 0.15) is 51.9 Å². The molecular formula is C14H25NO2S. The van der Waals surface area contributed by atoms with E-state index in [-0.39, 0.29) is 17.2 Å². The summed E-state index contributed by atoms with van der Waals surface area (Å²) in [5.74, 6) is 0.650. The van der Waals surface area contributed by atoms with Crippen molar-refractivity contribution in [2.75, 3.05) is 12.3 Å². The van der Waals surface area contributed by atoms with E-state index in [1.165, 1.54) is 32.1 Å². The third-order valence-corrected chi connectivity index (χ3v) is 7.89. The maximum Gasteiger partial charge on any atom is 0.155 e. The molecule has 3 fully saturated rings. The van der Waals surface area contributed by atoms with Gasteiger partial charge in [0.15, 0.2) is 9.84 Å². The van der Waals surface area contributed by atoms with Gasteiger partial charge in [0.25, 0.3) is 0 Å². The predicted molar refractivity (Wildman–Crippen MR) is 73.3 cm³/mol. The first-order valence-corrected chi connectivity index (χ1v) is 9.17. The molecule has 0 radical (unpaired) electrons. The van der Waals surface area contributed by atoms with Crippen molar-refractivity contribution >= 4 is 9.84 Å². The molecule has 3 aliphatic rings. The molecule has 3 rings (SSSR count). The Morgan fingerprint density at radius 1 is 1.17 bits per heavy atom. The molecule has 18 heavy (non-hydrogen) atoms. The van der Waals surface area contributed by atoms with E-state index in [0.717, 1.165) is 19.4 Å². The molecule has 1 saturated heterocycles. The standard InChI is InChI=1S/C14H25NO2S/c1-11-9-15-12-4-7-14(5-2-3-6-14)8-13(12)18(16,17)10-11/h11-13,15H,2-10H2,1H3. The second kappa shape index (κ2) is 4.48. The monoisotopic (exact) mass is 271 g/mol. The first-order valence-electron chi connectivity index (χ1n) is 7.46. The van der Waals surface area contributed by atoms with Crippen molar-refractivity contribution in [3.8, 4) is 0 Å². The van der Waals surface area contributed by atoms with Gasteiger partial charge in [0.05, 0.1) is 11.0 Å². The Hall–Kier alpha value is -0.0900. The topological polar surface area (TPSA) is 46.2 Å². The molecule has 0 amide bonds. The normalized spacial score (nSPS) is 42.4. The molecule has 3 nitrogen and oxygen atoms in total. The zero-order chi connectivity index (χ0) is 12.8. The molecule has 0 aromatic rings. The summed E-state index contributed by atoms with van der Waals surface area (Å²) in [5, 5.41) is 3.41. The number of hydrogen-bond donors (Lipinski definition) is 1. The molecule has 0 aromatic heterocycles. The quantitative estimate of drug-likeness (QED) is 0.734. The van der Waals surface area contributed by atoms with Crippen LogP contribution in [0.25, 0.3) is 0 Å². The molecule has 3 atom stereocenters. The molecule has 0 aromatic carbocycles. The lowest BCUT2D eigenvalue weighted by molar-refractivity contribution is 0.172. The summed E-state index contributed by atoms with van der Waals surface area (Å²) in [6, 6.07) is 0.228. The van der Waals surface area contributed by atoms with Gasteiger partial charge in [-0.3, -0.25) is 0 Å². The molecule has 1 spiro atoms. The Labute approximate surface area is 111 Å². The minimum absolute atomic E-state index is 0.103. The average Bonchev–Trinajstić information content (AvgIpc) is 2.71. The molecule has 1 aliphatic heterocycles. The van der Waals surface area contributed by atoms with Gasteiger partial charge < -0.3 is 5.32 Å². The predicted octanol–water partition coefficient (Wildman–Crippen LogP) is 2.12. The van der Waals surface area contributed by atoms with Crippen LogP contribution < -0.4 is 5.32 Å². The molecule has 0 bridgehead atoms. The highest BCUT2D eigenvalue weighted by molar-refractivity contribution is 7.92. The van der Waals surface area contributed by atoms with E-state index < -0.39 is 9.84 Å². The van der Waals surface area contributed by atoms with Crippen LogP contribution in [0, 0.1) is 11.3 Å². The highest BCUT2D eigenvalue weighted by atomic mass is 32.2. The second-order valence-electron chi connectivity index (χ2n) is 6.94. The van der Waals surface area contributed by atoms with Crippen LogP contribution in [0.5, 0.6) is 0 Å². The third kappa shape index (κ3) is 2.22. The van der Waals surface area contributed by atoms with Crippen molar-refractivity contribution in [2.24, 2.45) is 11.3 Å². The van der Waals surface area contributed by atoms with Crippen LogP contribution in [-0.4, -0.2) is 32.0 Å². The fourth-order valence-corrected chi connectivity index (χ4v) is 6.94. The summed E-state index contributed by atoms with van der Waals surface area (Å²) in [4.78, 5) is 0. The minimum atomic E-state index is -2.90. The van der Waals surface area contributed by atoms with Gasteiger partial charge in [-0.2, -0.15) is 0 Å². The van der Waals surface area contributed by atoms with Crippen molar-refractivity contribution in [1.29, 1.82) is 0 Å². The summed E-state index contributed by atoms with van der Waals surface area (Å²) >= 11 is 0.